The van der Waals surface area contributed by atoms with Crippen LogP contribution in [0.2, 0.25) is 0 Å². The van der Waals surface area contributed by atoms with Crippen molar-refractivity contribution in [1.29, 1.82) is 0 Å². The summed E-state index contributed by atoms with van der Waals surface area (Å²) in [5.74, 6) is -1.23. The average Bonchev–Trinajstić information content (AvgIpc) is 2.98. The molecule has 0 aliphatic heterocycles. The van der Waals surface area contributed by atoms with E-state index in [1.165, 1.54) is 15.5 Å². The van der Waals surface area contributed by atoms with E-state index in [2.05, 4.69) is 21.2 Å². The van der Waals surface area contributed by atoms with Crippen molar-refractivity contribution in [2.45, 2.75) is 13.0 Å². The summed E-state index contributed by atoms with van der Waals surface area (Å²) in [6, 6.07) is 7.06. The topological polar surface area (TPSA) is 71.3 Å². The number of carboxylic acid groups (broad SMARTS) is 1. The first-order valence-electron chi connectivity index (χ1n) is 5.95. The first-order valence-corrected chi connectivity index (χ1v) is 7.56. The standard InChI is InChI=1S/C13H13BrN2O3S/c14-11-4-3-9(20-11)5-6-15-12(17)8-16-7-1-2-10(16)13(18)19/h1-4,7H,5-6,8H2,(H,15,17)(H,18,19). The van der Waals surface area contributed by atoms with Crippen LogP contribution in [0.25, 0.3) is 0 Å². The van der Waals surface area contributed by atoms with Crippen LogP contribution in [0.1, 0.15) is 15.4 Å². The highest BCUT2D eigenvalue weighted by atomic mass is 79.9. The number of thiophene rings is 1. The molecular weight excluding hydrogens is 344 g/mol. The van der Waals surface area contributed by atoms with Gasteiger partial charge in [0, 0.05) is 17.6 Å². The minimum Gasteiger partial charge on any atom is -0.477 e. The number of hydrogen-bond donors (Lipinski definition) is 2. The van der Waals surface area contributed by atoms with Crippen LogP contribution in [-0.4, -0.2) is 28.1 Å². The Labute approximate surface area is 128 Å². The molecule has 0 saturated heterocycles. The van der Waals surface area contributed by atoms with Crippen LogP contribution in [0, 0.1) is 0 Å². The Morgan fingerprint density at radius 1 is 1.35 bits per heavy atom. The molecule has 0 unspecified atom stereocenters. The lowest BCUT2D eigenvalue weighted by molar-refractivity contribution is -0.121. The fourth-order valence-corrected chi connectivity index (χ4v) is 3.25. The largest absolute Gasteiger partial charge is 0.477 e. The van der Waals surface area contributed by atoms with Gasteiger partial charge in [-0.2, -0.15) is 0 Å². The molecule has 0 aliphatic carbocycles. The van der Waals surface area contributed by atoms with E-state index in [9.17, 15) is 9.59 Å². The second-order valence-corrected chi connectivity index (χ2v) is 6.68. The Kier molecular flexibility index (Phi) is 4.97. The molecule has 0 spiro atoms. The van der Waals surface area contributed by atoms with Crippen LogP contribution >= 0.6 is 27.3 Å². The molecule has 0 radical (unpaired) electrons. The van der Waals surface area contributed by atoms with E-state index in [0.717, 1.165) is 10.2 Å². The lowest BCUT2D eigenvalue weighted by atomic mass is 10.3. The third kappa shape index (κ3) is 3.94. The molecule has 2 aromatic rings. The van der Waals surface area contributed by atoms with Crippen molar-refractivity contribution in [3.05, 3.63) is 44.8 Å². The lowest BCUT2D eigenvalue weighted by Gasteiger charge is -2.07. The zero-order chi connectivity index (χ0) is 14.5. The number of carbonyl (C=O) groups excluding carboxylic acids is 1. The molecule has 0 fully saturated rings. The monoisotopic (exact) mass is 356 g/mol. The van der Waals surface area contributed by atoms with Gasteiger partial charge in [0.05, 0.1) is 3.79 Å². The lowest BCUT2D eigenvalue weighted by Crippen LogP contribution is -2.30. The Morgan fingerprint density at radius 3 is 2.80 bits per heavy atom. The molecule has 0 aromatic carbocycles. The van der Waals surface area contributed by atoms with Gasteiger partial charge in [0.15, 0.2) is 0 Å². The van der Waals surface area contributed by atoms with Crippen molar-refractivity contribution in [3.63, 3.8) is 0 Å². The van der Waals surface area contributed by atoms with Gasteiger partial charge in [-0.15, -0.1) is 11.3 Å². The zero-order valence-electron chi connectivity index (χ0n) is 10.5. The van der Waals surface area contributed by atoms with E-state index in [1.54, 1.807) is 23.6 Å². The van der Waals surface area contributed by atoms with Crippen molar-refractivity contribution in [2.24, 2.45) is 0 Å². The number of nitrogens with zero attached hydrogens (tertiary/aromatic N) is 1. The molecule has 2 N–H and O–H groups in total. The molecule has 2 heterocycles. The molecule has 2 aromatic heterocycles. The maximum Gasteiger partial charge on any atom is 0.352 e. The summed E-state index contributed by atoms with van der Waals surface area (Å²) in [7, 11) is 0. The number of carbonyl (C=O) groups is 2. The molecule has 0 atom stereocenters. The molecule has 0 bridgehead atoms. The summed E-state index contributed by atoms with van der Waals surface area (Å²) in [5.41, 5.74) is 0.113. The van der Waals surface area contributed by atoms with Crippen LogP contribution in [0.15, 0.2) is 34.2 Å². The quantitative estimate of drug-likeness (QED) is 0.834. The summed E-state index contributed by atoms with van der Waals surface area (Å²) in [6.45, 7) is 0.554. The third-order valence-electron chi connectivity index (χ3n) is 2.69. The van der Waals surface area contributed by atoms with Gasteiger partial charge in [-0.3, -0.25) is 4.79 Å². The van der Waals surface area contributed by atoms with E-state index in [0.29, 0.717) is 6.54 Å². The summed E-state index contributed by atoms with van der Waals surface area (Å²) < 4.78 is 2.48. The summed E-state index contributed by atoms with van der Waals surface area (Å²) >= 11 is 5.02. The predicted molar refractivity (Wildman–Crippen MR) is 80.1 cm³/mol. The molecule has 106 valence electrons. The molecule has 20 heavy (non-hydrogen) atoms. The number of rotatable bonds is 6. The van der Waals surface area contributed by atoms with Gasteiger partial charge < -0.3 is 15.0 Å². The average molecular weight is 357 g/mol. The van der Waals surface area contributed by atoms with Gasteiger partial charge in [-0.1, -0.05) is 0 Å². The zero-order valence-corrected chi connectivity index (χ0v) is 12.9. The molecule has 7 heteroatoms. The van der Waals surface area contributed by atoms with E-state index in [4.69, 9.17) is 5.11 Å². The van der Waals surface area contributed by atoms with Crippen LogP contribution < -0.4 is 5.32 Å². The SMILES string of the molecule is O=C(Cn1cccc1C(=O)O)NCCc1ccc(Br)s1. The van der Waals surface area contributed by atoms with Crippen LogP contribution in [0.5, 0.6) is 0 Å². The molecule has 0 saturated carbocycles. The van der Waals surface area contributed by atoms with Crippen molar-refractivity contribution in [2.75, 3.05) is 6.54 Å². The maximum atomic E-state index is 11.7. The Bertz CT molecular complexity index is 621. The van der Waals surface area contributed by atoms with E-state index in [-0.39, 0.29) is 18.1 Å². The fourth-order valence-electron chi connectivity index (χ4n) is 1.77. The highest BCUT2D eigenvalue weighted by molar-refractivity contribution is 9.11. The second-order valence-electron chi connectivity index (χ2n) is 4.13. The van der Waals surface area contributed by atoms with Crippen molar-refractivity contribution in [3.8, 4) is 0 Å². The van der Waals surface area contributed by atoms with Gasteiger partial charge in [-0.25, -0.2) is 4.79 Å². The minimum atomic E-state index is -1.04. The Balaban J connectivity index is 1.80. The van der Waals surface area contributed by atoms with E-state index in [1.807, 2.05) is 12.1 Å². The van der Waals surface area contributed by atoms with E-state index < -0.39 is 5.97 Å². The van der Waals surface area contributed by atoms with Gasteiger partial charge in [0.1, 0.15) is 12.2 Å². The normalized spacial score (nSPS) is 10.4. The Morgan fingerprint density at radius 2 is 2.15 bits per heavy atom. The molecule has 1 amide bonds. The van der Waals surface area contributed by atoms with Crippen LogP contribution in [0.4, 0.5) is 0 Å². The highest BCUT2D eigenvalue weighted by Gasteiger charge is 2.11. The molecular formula is C13H13BrN2O3S. The first kappa shape index (κ1) is 14.8. The molecule has 0 aliphatic rings. The third-order valence-corrected chi connectivity index (χ3v) is 4.37. The van der Waals surface area contributed by atoms with Crippen molar-refractivity contribution >= 4 is 39.1 Å². The molecule has 2 rings (SSSR count). The van der Waals surface area contributed by atoms with Gasteiger partial charge in [-0.05, 0) is 46.6 Å². The smallest absolute Gasteiger partial charge is 0.352 e. The second kappa shape index (κ2) is 6.71. The number of amides is 1. The highest BCUT2D eigenvalue weighted by Crippen LogP contribution is 2.21. The van der Waals surface area contributed by atoms with E-state index >= 15 is 0 Å². The van der Waals surface area contributed by atoms with Gasteiger partial charge >= 0.3 is 5.97 Å². The number of aromatic carboxylic acids is 1. The number of aromatic nitrogens is 1. The summed E-state index contributed by atoms with van der Waals surface area (Å²) in [5, 5.41) is 11.7. The fraction of sp³-hybridized carbons (Fsp3) is 0.231. The van der Waals surface area contributed by atoms with Crippen LogP contribution in [0.3, 0.4) is 0 Å². The number of halogens is 1. The molecule has 5 nitrogen and oxygen atoms in total. The summed E-state index contributed by atoms with van der Waals surface area (Å²) in [4.78, 5) is 23.8. The van der Waals surface area contributed by atoms with Crippen molar-refractivity contribution < 1.29 is 14.7 Å². The first-order chi connectivity index (χ1) is 9.56. The number of hydrogen-bond acceptors (Lipinski definition) is 3. The van der Waals surface area contributed by atoms with Gasteiger partial charge in [0.25, 0.3) is 0 Å². The maximum absolute atomic E-state index is 11.7. The van der Waals surface area contributed by atoms with Crippen molar-refractivity contribution in [1.82, 2.24) is 9.88 Å². The summed E-state index contributed by atoms with van der Waals surface area (Å²) in [6.07, 6.45) is 2.35. The van der Waals surface area contributed by atoms with Gasteiger partial charge in [0.2, 0.25) is 5.91 Å². The van der Waals surface area contributed by atoms with Crippen LogP contribution in [-0.2, 0) is 17.8 Å². The predicted octanol–water partition coefficient (Wildman–Crippen LogP) is 2.37. The minimum absolute atomic E-state index is 0.0166. The number of carboxylic acids is 1. The number of nitrogens with one attached hydrogen (secondary N) is 1. The Hall–Kier alpha value is -1.60.